The van der Waals surface area contributed by atoms with Crippen LogP contribution in [0.1, 0.15) is 26.7 Å². The molecule has 1 N–H and O–H groups in total. The normalized spacial score (nSPS) is 21.4. The third-order valence-electron chi connectivity index (χ3n) is 3.25. The first-order valence-corrected chi connectivity index (χ1v) is 5.93. The molecular weight excluding hydrogens is 176 g/mol. The van der Waals surface area contributed by atoms with Crippen LogP contribution in [0.5, 0.6) is 0 Å². The second-order valence-electron chi connectivity index (χ2n) is 4.18. The molecule has 0 aromatic carbocycles. The summed E-state index contributed by atoms with van der Waals surface area (Å²) < 4.78 is 5.38. The highest BCUT2D eigenvalue weighted by Crippen LogP contribution is 2.14. The zero-order chi connectivity index (χ0) is 10.4. The highest BCUT2D eigenvalue weighted by atomic mass is 16.5. The first-order valence-electron chi connectivity index (χ1n) is 5.93. The Kier molecular flexibility index (Phi) is 5.45. The van der Waals surface area contributed by atoms with E-state index in [1.165, 1.54) is 30.9 Å². The zero-order valence-corrected chi connectivity index (χ0v) is 9.88. The van der Waals surface area contributed by atoms with E-state index in [0.29, 0.717) is 0 Å². The maximum Gasteiger partial charge on any atom is 0.0917 e. The number of hydrogen-bond donors (Lipinski definition) is 1. The summed E-state index contributed by atoms with van der Waals surface area (Å²) in [5.74, 6) is 0.852. The minimum absolute atomic E-state index is 0.852. The lowest BCUT2D eigenvalue weighted by Crippen LogP contribution is -3.15. The Labute approximate surface area is 88.0 Å². The molecule has 1 heterocycles. The van der Waals surface area contributed by atoms with Gasteiger partial charge in [0, 0.05) is 19.8 Å². The molecule has 0 aromatic heterocycles. The van der Waals surface area contributed by atoms with Crippen LogP contribution in [0.25, 0.3) is 0 Å². The minimum atomic E-state index is 0.852. The molecule has 3 heteroatoms. The van der Waals surface area contributed by atoms with E-state index in [1.54, 1.807) is 0 Å². The van der Waals surface area contributed by atoms with E-state index in [9.17, 15) is 0 Å². The molecule has 1 aliphatic rings. The summed E-state index contributed by atoms with van der Waals surface area (Å²) in [6.07, 6.45) is 2.49. The van der Waals surface area contributed by atoms with E-state index in [0.717, 1.165) is 25.7 Å². The summed E-state index contributed by atoms with van der Waals surface area (Å²) in [4.78, 5) is 0. The Bertz CT molecular complexity index is 146. The third kappa shape index (κ3) is 3.56. The van der Waals surface area contributed by atoms with Crippen molar-refractivity contribution in [2.24, 2.45) is 5.92 Å². The molecule has 84 valence electrons. The van der Waals surface area contributed by atoms with Gasteiger partial charge in [-0.2, -0.15) is 5.01 Å². The molecule has 1 unspecified atom stereocenters. The van der Waals surface area contributed by atoms with Gasteiger partial charge in [0.05, 0.1) is 20.1 Å². The van der Waals surface area contributed by atoms with Gasteiger partial charge in [-0.1, -0.05) is 0 Å². The molecule has 1 atom stereocenters. The molecule has 0 spiro atoms. The van der Waals surface area contributed by atoms with Crippen LogP contribution in [0, 0.1) is 5.92 Å². The molecule has 3 nitrogen and oxygen atoms in total. The van der Waals surface area contributed by atoms with E-state index in [4.69, 9.17) is 4.74 Å². The molecule has 0 amide bonds. The fourth-order valence-electron chi connectivity index (χ4n) is 2.02. The lowest BCUT2D eigenvalue weighted by atomic mass is 10.0. The Morgan fingerprint density at radius 1 is 1.29 bits per heavy atom. The van der Waals surface area contributed by atoms with Crippen LogP contribution in [0.4, 0.5) is 0 Å². The summed E-state index contributed by atoms with van der Waals surface area (Å²) in [5.41, 5.74) is 0. The third-order valence-corrected chi connectivity index (χ3v) is 3.25. The molecule has 1 aliphatic heterocycles. The van der Waals surface area contributed by atoms with Crippen molar-refractivity contribution in [1.82, 2.24) is 5.01 Å². The minimum Gasteiger partial charge on any atom is -0.381 e. The smallest absolute Gasteiger partial charge is 0.0917 e. The lowest BCUT2D eigenvalue weighted by Gasteiger charge is -2.31. The predicted octanol–water partition coefficient (Wildman–Crippen LogP) is 0.185. The van der Waals surface area contributed by atoms with Crippen LogP contribution < -0.4 is 5.01 Å². The summed E-state index contributed by atoms with van der Waals surface area (Å²) >= 11 is 0. The molecule has 1 fully saturated rings. The van der Waals surface area contributed by atoms with E-state index < -0.39 is 0 Å². The van der Waals surface area contributed by atoms with Crippen molar-refractivity contribution in [2.75, 3.05) is 39.9 Å². The van der Waals surface area contributed by atoms with Crippen molar-refractivity contribution in [3.8, 4) is 0 Å². The largest absolute Gasteiger partial charge is 0.381 e. The van der Waals surface area contributed by atoms with Gasteiger partial charge in [0.1, 0.15) is 0 Å². The SMILES string of the molecule is CCN(CC1CCOCC1)[NH+](C)CC. The van der Waals surface area contributed by atoms with Crippen molar-refractivity contribution >= 4 is 0 Å². The molecule has 0 aliphatic carbocycles. The van der Waals surface area contributed by atoms with Crippen LogP contribution in [-0.2, 0) is 4.74 Å². The van der Waals surface area contributed by atoms with E-state index in [2.05, 4.69) is 25.9 Å². The standard InChI is InChI=1S/C11H24N2O/c1-4-12(3)13(5-2)10-11-6-8-14-9-7-11/h11H,4-10H2,1-3H3/p+1. The van der Waals surface area contributed by atoms with Gasteiger partial charge in [-0.05, 0) is 32.6 Å². The molecule has 0 saturated carbocycles. The number of ether oxygens (including phenoxy) is 1. The highest BCUT2D eigenvalue weighted by molar-refractivity contribution is 4.64. The highest BCUT2D eigenvalue weighted by Gasteiger charge is 2.20. The Morgan fingerprint density at radius 2 is 1.93 bits per heavy atom. The number of quaternary nitrogens is 1. The molecule has 1 rings (SSSR count). The second kappa shape index (κ2) is 6.38. The van der Waals surface area contributed by atoms with Gasteiger partial charge in [-0.25, -0.2) is 0 Å². The first kappa shape index (κ1) is 12.0. The maximum absolute atomic E-state index is 5.38. The van der Waals surface area contributed by atoms with E-state index in [1.807, 2.05) is 0 Å². The van der Waals surface area contributed by atoms with Crippen LogP contribution in [-0.4, -0.2) is 44.9 Å². The fourth-order valence-corrected chi connectivity index (χ4v) is 2.02. The lowest BCUT2D eigenvalue weighted by molar-refractivity contribution is -0.998. The molecule has 0 aromatic rings. The van der Waals surface area contributed by atoms with Gasteiger partial charge in [0.15, 0.2) is 0 Å². The molecule has 0 bridgehead atoms. The number of hydrogen-bond acceptors (Lipinski definition) is 2. The van der Waals surface area contributed by atoms with Crippen LogP contribution in [0.2, 0.25) is 0 Å². The van der Waals surface area contributed by atoms with Crippen molar-refractivity contribution in [3.05, 3.63) is 0 Å². The number of nitrogens with one attached hydrogen (secondary N) is 1. The first-order chi connectivity index (χ1) is 6.77. The molecule has 0 radical (unpaired) electrons. The van der Waals surface area contributed by atoms with E-state index >= 15 is 0 Å². The number of rotatable bonds is 5. The molecule has 1 saturated heterocycles. The van der Waals surface area contributed by atoms with Crippen molar-refractivity contribution in [1.29, 1.82) is 0 Å². The topological polar surface area (TPSA) is 16.9 Å². The van der Waals surface area contributed by atoms with Crippen molar-refractivity contribution < 1.29 is 9.75 Å². The van der Waals surface area contributed by atoms with Gasteiger partial charge in [-0.3, -0.25) is 5.01 Å². The van der Waals surface area contributed by atoms with E-state index in [-0.39, 0.29) is 0 Å². The average Bonchev–Trinajstić information content (AvgIpc) is 2.26. The summed E-state index contributed by atoms with van der Waals surface area (Å²) in [6.45, 7) is 9.98. The molecular formula is C11H25N2O+. The quantitative estimate of drug-likeness (QED) is 0.639. The maximum atomic E-state index is 5.38. The Balaban J connectivity index is 2.30. The fraction of sp³-hybridized carbons (Fsp3) is 1.00. The summed E-state index contributed by atoms with van der Waals surface area (Å²) in [7, 11) is 2.25. The van der Waals surface area contributed by atoms with Crippen LogP contribution in [0.3, 0.4) is 0 Å². The van der Waals surface area contributed by atoms with Gasteiger partial charge < -0.3 is 4.74 Å². The summed E-state index contributed by atoms with van der Waals surface area (Å²) in [5, 5.41) is 4.05. The summed E-state index contributed by atoms with van der Waals surface area (Å²) in [6, 6.07) is 0. The van der Waals surface area contributed by atoms with Crippen LogP contribution >= 0.6 is 0 Å². The van der Waals surface area contributed by atoms with Crippen molar-refractivity contribution in [3.63, 3.8) is 0 Å². The number of nitrogens with zero attached hydrogens (tertiary/aromatic N) is 1. The molecule has 14 heavy (non-hydrogen) atoms. The van der Waals surface area contributed by atoms with Gasteiger partial charge in [0.25, 0.3) is 0 Å². The zero-order valence-electron chi connectivity index (χ0n) is 9.88. The monoisotopic (exact) mass is 201 g/mol. The Hall–Kier alpha value is -0.120. The van der Waals surface area contributed by atoms with Gasteiger partial charge >= 0.3 is 0 Å². The Morgan fingerprint density at radius 3 is 2.43 bits per heavy atom. The second-order valence-corrected chi connectivity index (χ2v) is 4.18. The van der Waals surface area contributed by atoms with Crippen molar-refractivity contribution in [2.45, 2.75) is 26.7 Å². The van der Waals surface area contributed by atoms with Crippen LogP contribution in [0.15, 0.2) is 0 Å². The average molecular weight is 201 g/mol. The van der Waals surface area contributed by atoms with Gasteiger partial charge in [0.2, 0.25) is 0 Å². The predicted molar refractivity (Wildman–Crippen MR) is 58.2 cm³/mol. The van der Waals surface area contributed by atoms with Gasteiger partial charge in [-0.15, -0.1) is 0 Å².